The summed E-state index contributed by atoms with van der Waals surface area (Å²) >= 11 is 0. The Kier molecular flexibility index (Phi) is 18.8. The van der Waals surface area contributed by atoms with E-state index in [1.807, 2.05) is 0 Å². The van der Waals surface area contributed by atoms with E-state index in [1.165, 1.54) is 44.9 Å². The molecule has 0 spiro atoms. The van der Waals surface area contributed by atoms with Gasteiger partial charge in [-0.1, -0.05) is 80.1 Å². The minimum atomic E-state index is -0.816. The second-order valence-corrected chi connectivity index (χ2v) is 14.9. The van der Waals surface area contributed by atoms with Crippen molar-refractivity contribution >= 4 is 14.4 Å². The summed E-state index contributed by atoms with van der Waals surface area (Å²) in [6, 6.07) is 4.88. The van der Waals surface area contributed by atoms with Crippen LogP contribution in [-0.2, 0) is 0 Å². The molecule has 0 rings (SSSR count). The predicted molar refractivity (Wildman–Crippen MR) is 170 cm³/mol. The first-order chi connectivity index (χ1) is 17.2. The van der Waals surface area contributed by atoms with Gasteiger partial charge in [0.15, 0.2) is 8.37 Å². The zero-order chi connectivity index (χ0) is 28.8. The molecule has 0 saturated heterocycles. The molecular formula is C32H67N4P. The molecule has 0 aliphatic carbocycles. The van der Waals surface area contributed by atoms with Crippen LogP contribution >= 0.6 is 8.37 Å². The van der Waals surface area contributed by atoms with Crippen LogP contribution in [-0.4, -0.2) is 46.1 Å². The predicted octanol–water partition coefficient (Wildman–Crippen LogP) is 10.7. The summed E-state index contributed by atoms with van der Waals surface area (Å²) in [5.74, 6) is 2.27. The monoisotopic (exact) mass is 539 g/mol. The molecule has 220 valence electrons. The van der Waals surface area contributed by atoms with Crippen molar-refractivity contribution in [2.45, 2.75) is 172 Å². The summed E-state index contributed by atoms with van der Waals surface area (Å²) in [6.45, 7) is 33.6. The molecule has 0 amide bonds. The summed E-state index contributed by atoms with van der Waals surface area (Å²) < 4.78 is 10.00. The van der Waals surface area contributed by atoms with Crippen molar-refractivity contribution in [3.63, 3.8) is 0 Å². The van der Waals surface area contributed by atoms with Crippen molar-refractivity contribution in [1.29, 1.82) is 0 Å². The van der Waals surface area contributed by atoms with E-state index in [0.717, 1.165) is 30.7 Å². The molecular weight excluding hydrogens is 471 g/mol. The molecule has 0 bridgehead atoms. The molecule has 0 N–H and O–H groups in total. The number of hydrogen-bond donors (Lipinski definition) is 0. The van der Waals surface area contributed by atoms with E-state index in [1.54, 1.807) is 0 Å². The van der Waals surface area contributed by atoms with Crippen LogP contribution < -0.4 is 0 Å². The minimum Gasteiger partial charge on any atom is -0.246 e. The van der Waals surface area contributed by atoms with E-state index in [2.05, 4.69) is 117 Å². The van der Waals surface area contributed by atoms with Crippen molar-refractivity contribution in [3.05, 3.63) is 0 Å². The van der Waals surface area contributed by atoms with E-state index in [0.29, 0.717) is 29.6 Å². The topological polar surface area (TPSA) is 31.2 Å². The standard InChI is InChI=1S/C32H67N4P/c1-25(2)32(26(3)4,27(5)6)22-20-18-16-15-17-19-21-23-33-24-34-37(35(28(7)8)29(9)10)36(30(11)12)31(13)14/h25-31H,15-23H2,1-14H3. The van der Waals surface area contributed by atoms with Gasteiger partial charge in [-0.3, -0.25) is 0 Å². The molecule has 0 aromatic heterocycles. The summed E-state index contributed by atoms with van der Waals surface area (Å²) in [5.41, 5.74) is 0.489. The highest BCUT2D eigenvalue weighted by Crippen LogP contribution is 2.50. The van der Waals surface area contributed by atoms with E-state index in [4.69, 9.17) is 4.76 Å². The quantitative estimate of drug-likeness (QED) is 0.0876. The average Bonchev–Trinajstić information content (AvgIpc) is 2.75. The molecule has 0 heterocycles. The Morgan fingerprint density at radius 2 is 0.892 bits per heavy atom. The maximum absolute atomic E-state index is 4.93. The molecule has 0 atom stereocenters. The Balaban J connectivity index is 4.63. The van der Waals surface area contributed by atoms with Gasteiger partial charge in [0.25, 0.3) is 0 Å². The Morgan fingerprint density at radius 1 is 0.541 bits per heavy atom. The second kappa shape index (κ2) is 18.9. The number of unbranched alkanes of at least 4 members (excludes halogenated alkanes) is 6. The third-order valence-corrected chi connectivity index (χ3v) is 11.3. The third-order valence-electron chi connectivity index (χ3n) is 8.34. The first-order valence-electron chi connectivity index (χ1n) is 15.7. The van der Waals surface area contributed by atoms with Crippen LogP contribution in [0.15, 0.2) is 9.76 Å². The van der Waals surface area contributed by atoms with Gasteiger partial charge >= 0.3 is 0 Å². The molecule has 37 heavy (non-hydrogen) atoms. The molecule has 0 saturated carbocycles. The first-order valence-corrected chi connectivity index (χ1v) is 16.9. The Bertz CT molecular complexity index is 575. The molecule has 5 heteroatoms. The van der Waals surface area contributed by atoms with Gasteiger partial charge in [-0.15, -0.1) is 0 Å². The van der Waals surface area contributed by atoms with Gasteiger partial charge in [0.05, 0.1) is 6.01 Å². The van der Waals surface area contributed by atoms with Crippen LogP contribution in [0.5, 0.6) is 0 Å². The molecule has 0 aliphatic rings. The van der Waals surface area contributed by atoms with Gasteiger partial charge in [0.2, 0.25) is 0 Å². The van der Waals surface area contributed by atoms with Crippen LogP contribution in [0.2, 0.25) is 0 Å². The highest BCUT2D eigenvalue weighted by atomic mass is 31.1. The molecule has 0 aromatic rings. The van der Waals surface area contributed by atoms with Crippen molar-refractivity contribution in [2.24, 2.45) is 32.9 Å². The highest BCUT2D eigenvalue weighted by molar-refractivity contribution is 7.51. The SMILES string of the molecule is CC(C)N(C(C)C)P(N=C=NCCCCCCCCCC(C(C)C)(C(C)C)C(C)C)N(C(C)C)C(C)C. The molecule has 4 nitrogen and oxygen atoms in total. The zero-order valence-electron chi connectivity index (χ0n) is 27.6. The molecule has 0 radical (unpaired) electrons. The van der Waals surface area contributed by atoms with Gasteiger partial charge in [-0.05, 0) is 91.4 Å². The fourth-order valence-corrected chi connectivity index (χ4v) is 8.98. The summed E-state index contributed by atoms with van der Waals surface area (Å²) in [6.07, 6.45) is 10.6. The Hall–Kier alpha value is -0.270. The molecule has 0 aliphatic heterocycles. The van der Waals surface area contributed by atoms with Gasteiger partial charge in [0.1, 0.15) is 0 Å². The van der Waals surface area contributed by atoms with Crippen molar-refractivity contribution < 1.29 is 0 Å². The van der Waals surface area contributed by atoms with E-state index in [-0.39, 0.29) is 0 Å². The van der Waals surface area contributed by atoms with Crippen LogP contribution in [0.1, 0.15) is 148 Å². The van der Waals surface area contributed by atoms with Gasteiger partial charge in [0, 0.05) is 30.7 Å². The minimum absolute atomic E-state index is 0.439. The van der Waals surface area contributed by atoms with E-state index < -0.39 is 8.37 Å². The first kappa shape index (κ1) is 36.7. The van der Waals surface area contributed by atoms with Gasteiger partial charge < -0.3 is 0 Å². The average molecular weight is 539 g/mol. The Labute approximate surface area is 235 Å². The van der Waals surface area contributed by atoms with Crippen molar-refractivity contribution in [1.82, 2.24) is 9.34 Å². The second-order valence-electron chi connectivity index (χ2n) is 13.3. The van der Waals surface area contributed by atoms with Crippen LogP contribution in [0.3, 0.4) is 0 Å². The summed E-state index contributed by atoms with van der Waals surface area (Å²) in [7, 11) is -0.816. The van der Waals surface area contributed by atoms with Crippen molar-refractivity contribution in [3.8, 4) is 0 Å². The zero-order valence-corrected chi connectivity index (χ0v) is 28.5. The van der Waals surface area contributed by atoms with Crippen LogP contribution in [0, 0.1) is 23.2 Å². The smallest absolute Gasteiger partial charge is 0.181 e. The number of hydrogen-bond acceptors (Lipinski definition) is 4. The fraction of sp³-hybridized carbons (Fsp3) is 0.969. The number of aliphatic imine (C=N–C) groups is 1. The lowest BCUT2D eigenvalue weighted by Gasteiger charge is -2.45. The van der Waals surface area contributed by atoms with Gasteiger partial charge in [-0.25, -0.2) is 14.3 Å². The lowest BCUT2D eigenvalue weighted by molar-refractivity contribution is 0.0356. The summed E-state index contributed by atoms with van der Waals surface area (Å²) in [4.78, 5) is 4.58. The highest BCUT2D eigenvalue weighted by Gasteiger charge is 2.39. The molecule has 0 unspecified atom stereocenters. The maximum atomic E-state index is 4.93. The van der Waals surface area contributed by atoms with Crippen LogP contribution in [0.4, 0.5) is 0 Å². The number of nitrogens with zero attached hydrogens (tertiary/aromatic N) is 4. The van der Waals surface area contributed by atoms with Crippen molar-refractivity contribution in [2.75, 3.05) is 6.54 Å². The lowest BCUT2D eigenvalue weighted by Crippen LogP contribution is -2.42. The number of rotatable bonds is 20. The third kappa shape index (κ3) is 12.2. The van der Waals surface area contributed by atoms with E-state index in [9.17, 15) is 0 Å². The maximum Gasteiger partial charge on any atom is 0.181 e. The molecule has 0 aromatic carbocycles. The largest absolute Gasteiger partial charge is 0.246 e. The molecule has 0 fully saturated rings. The van der Waals surface area contributed by atoms with Crippen LogP contribution in [0.25, 0.3) is 0 Å². The normalized spacial score (nSPS) is 13.2. The van der Waals surface area contributed by atoms with E-state index >= 15 is 0 Å². The Morgan fingerprint density at radius 3 is 1.24 bits per heavy atom. The summed E-state index contributed by atoms with van der Waals surface area (Å²) in [5, 5.41) is 0. The fourth-order valence-electron chi connectivity index (χ4n) is 6.73. The lowest BCUT2D eigenvalue weighted by atomic mass is 9.60. The van der Waals surface area contributed by atoms with Gasteiger partial charge in [-0.2, -0.15) is 4.76 Å².